The molecule has 1 aliphatic heterocycles. The lowest BCUT2D eigenvalue weighted by Crippen LogP contribution is -2.27. The number of carbonyl (C=O) groups excluding carboxylic acids is 1. The molecule has 1 fully saturated rings. The Bertz CT molecular complexity index is 408. The first kappa shape index (κ1) is 10.9. The molecule has 1 aromatic rings. The van der Waals surface area contributed by atoms with Gasteiger partial charge in [-0.15, -0.1) is 0 Å². The maximum atomic E-state index is 13.6. The molecule has 5 heteroatoms. The number of hydrogen-bond acceptors (Lipinski definition) is 2. The van der Waals surface area contributed by atoms with Crippen LogP contribution in [0.1, 0.15) is 11.1 Å². The molecule has 0 spiro atoms. The maximum absolute atomic E-state index is 13.6. The summed E-state index contributed by atoms with van der Waals surface area (Å²) in [5.74, 6) is -0.303. The zero-order chi connectivity index (χ0) is 11.5. The fourth-order valence-corrected chi connectivity index (χ4v) is 1.71. The van der Waals surface area contributed by atoms with Crippen molar-refractivity contribution in [3.63, 3.8) is 0 Å². The van der Waals surface area contributed by atoms with Crippen LogP contribution in [0.25, 0.3) is 0 Å². The molecule has 0 aromatic heterocycles. The van der Waals surface area contributed by atoms with E-state index in [-0.39, 0.29) is 11.8 Å². The van der Waals surface area contributed by atoms with Crippen LogP contribution in [0.2, 0.25) is 0 Å². The van der Waals surface area contributed by atoms with Gasteiger partial charge in [-0.2, -0.15) is 0 Å². The van der Waals surface area contributed by atoms with E-state index in [1.807, 2.05) is 0 Å². The third-order valence-electron chi connectivity index (χ3n) is 2.66. The first-order chi connectivity index (χ1) is 7.70. The quantitative estimate of drug-likeness (QED) is 0.796. The van der Waals surface area contributed by atoms with E-state index in [0.29, 0.717) is 31.7 Å². The fourth-order valence-electron chi connectivity index (χ4n) is 1.71. The number of carbonyl (C=O) groups is 1. The van der Waals surface area contributed by atoms with Crippen LogP contribution in [0.5, 0.6) is 0 Å². The molecule has 2 amide bonds. The van der Waals surface area contributed by atoms with Gasteiger partial charge in [0, 0.05) is 25.2 Å². The van der Waals surface area contributed by atoms with E-state index in [0.717, 1.165) is 5.56 Å². The van der Waals surface area contributed by atoms with Crippen LogP contribution >= 0.6 is 0 Å². The molecular weight excluding hydrogens is 209 g/mol. The number of nitrogens with one attached hydrogen (secondary N) is 1. The Balaban J connectivity index is 2.12. The molecule has 3 N–H and O–H groups in total. The summed E-state index contributed by atoms with van der Waals surface area (Å²) >= 11 is 0. The van der Waals surface area contributed by atoms with Crippen LogP contribution in [0.15, 0.2) is 18.2 Å². The van der Waals surface area contributed by atoms with Crippen LogP contribution in [0.4, 0.5) is 9.18 Å². The topological polar surface area (TPSA) is 58.4 Å². The molecule has 1 aromatic carbocycles. The summed E-state index contributed by atoms with van der Waals surface area (Å²) in [5.41, 5.74) is 6.69. The Morgan fingerprint density at radius 3 is 2.88 bits per heavy atom. The van der Waals surface area contributed by atoms with Crippen molar-refractivity contribution < 1.29 is 9.18 Å². The molecule has 2 rings (SSSR count). The van der Waals surface area contributed by atoms with Crippen molar-refractivity contribution in [2.75, 3.05) is 13.1 Å². The van der Waals surface area contributed by atoms with Crippen molar-refractivity contribution in [3.8, 4) is 0 Å². The second kappa shape index (κ2) is 4.49. The predicted molar refractivity (Wildman–Crippen MR) is 58.1 cm³/mol. The lowest BCUT2D eigenvalue weighted by atomic mass is 10.1. The summed E-state index contributed by atoms with van der Waals surface area (Å²) in [4.78, 5) is 12.9. The number of benzene rings is 1. The van der Waals surface area contributed by atoms with E-state index in [9.17, 15) is 9.18 Å². The number of hydrogen-bond donors (Lipinski definition) is 2. The van der Waals surface area contributed by atoms with Crippen LogP contribution < -0.4 is 11.1 Å². The first-order valence-corrected chi connectivity index (χ1v) is 5.21. The van der Waals surface area contributed by atoms with Crippen LogP contribution in [-0.2, 0) is 13.1 Å². The van der Waals surface area contributed by atoms with E-state index < -0.39 is 0 Å². The highest BCUT2D eigenvalue weighted by Gasteiger charge is 2.20. The second-order valence-corrected chi connectivity index (χ2v) is 3.78. The molecule has 0 radical (unpaired) electrons. The molecule has 16 heavy (non-hydrogen) atoms. The Kier molecular flexibility index (Phi) is 3.05. The highest BCUT2D eigenvalue weighted by atomic mass is 19.1. The van der Waals surface area contributed by atoms with Gasteiger partial charge in [0.2, 0.25) is 0 Å². The minimum Gasteiger partial charge on any atom is -0.336 e. The van der Waals surface area contributed by atoms with Gasteiger partial charge in [0.1, 0.15) is 5.82 Å². The maximum Gasteiger partial charge on any atom is 0.317 e. The van der Waals surface area contributed by atoms with Gasteiger partial charge in [0.25, 0.3) is 0 Å². The molecule has 4 nitrogen and oxygen atoms in total. The molecule has 1 aliphatic rings. The largest absolute Gasteiger partial charge is 0.336 e. The average molecular weight is 223 g/mol. The first-order valence-electron chi connectivity index (χ1n) is 5.21. The lowest BCUT2D eigenvalue weighted by molar-refractivity contribution is 0.215. The SMILES string of the molecule is NCc1ccc(CN2CCNC2=O)c(F)c1. The van der Waals surface area contributed by atoms with E-state index in [4.69, 9.17) is 5.73 Å². The number of urea groups is 1. The number of nitrogens with zero attached hydrogens (tertiary/aromatic N) is 1. The standard InChI is InChI=1S/C11H14FN3O/c12-10-5-8(6-13)1-2-9(10)7-15-4-3-14-11(15)16/h1-2,5H,3-4,6-7,13H2,(H,14,16). The Morgan fingerprint density at radius 1 is 1.50 bits per heavy atom. The third kappa shape index (κ3) is 2.14. The second-order valence-electron chi connectivity index (χ2n) is 3.78. The summed E-state index contributed by atoms with van der Waals surface area (Å²) in [6, 6.07) is 4.75. The number of halogens is 1. The number of amides is 2. The van der Waals surface area contributed by atoms with Crippen LogP contribution in [-0.4, -0.2) is 24.0 Å². The van der Waals surface area contributed by atoms with Crippen molar-refractivity contribution in [2.24, 2.45) is 5.73 Å². The molecular formula is C11H14FN3O. The van der Waals surface area contributed by atoms with Crippen molar-refractivity contribution in [3.05, 3.63) is 35.1 Å². The third-order valence-corrected chi connectivity index (χ3v) is 2.66. The summed E-state index contributed by atoms with van der Waals surface area (Å²) < 4.78 is 13.6. The summed E-state index contributed by atoms with van der Waals surface area (Å²) in [5, 5.41) is 2.68. The Morgan fingerprint density at radius 2 is 2.31 bits per heavy atom. The lowest BCUT2D eigenvalue weighted by Gasteiger charge is -2.14. The predicted octanol–water partition coefficient (Wildman–Crippen LogP) is 0.810. The molecule has 0 saturated carbocycles. The van der Waals surface area contributed by atoms with E-state index >= 15 is 0 Å². The Hall–Kier alpha value is -1.62. The average Bonchev–Trinajstić information content (AvgIpc) is 2.67. The fraction of sp³-hybridized carbons (Fsp3) is 0.364. The van der Waals surface area contributed by atoms with Gasteiger partial charge in [0.15, 0.2) is 0 Å². The van der Waals surface area contributed by atoms with E-state index in [1.165, 1.54) is 6.07 Å². The molecule has 0 aliphatic carbocycles. The van der Waals surface area contributed by atoms with E-state index in [1.54, 1.807) is 17.0 Å². The van der Waals surface area contributed by atoms with E-state index in [2.05, 4.69) is 5.32 Å². The number of rotatable bonds is 3. The minimum absolute atomic E-state index is 0.137. The monoisotopic (exact) mass is 223 g/mol. The molecule has 0 bridgehead atoms. The highest BCUT2D eigenvalue weighted by Crippen LogP contribution is 2.13. The zero-order valence-corrected chi connectivity index (χ0v) is 8.87. The van der Waals surface area contributed by atoms with Crippen LogP contribution in [0.3, 0.4) is 0 Å². The van der Waals surface area contributed by atoms with Crippen molar-refractivity contribution in [1.82, 2.24) is 10.2 Å². The van der Waals surface area contributed by atoms with Gasteiger partial charge in [-0.05, 0) is 11.6 Å². The van der Waals surface area contributed by atoms with Gasteiger partial charge in [-0.3, -0.25) is 0 Å². The summed E-state index contributed by atoms with van der Waals surface area (Å²) in [7, 11) is 0. The molecule has 1 saturated heterocycles. The normalized spacial score (nSPS) is 15.4. The van der Waals surface area contributed by atoms with Crippen molar-refractivity contribution >= 4 is 6.03 Å². The summed E-state index contributed by atoms with van der Waals surface area (Å²) in [6.07, 6.45) is 0. The number of nitrogens with two attached hydrogens (primary N) is 1. The summed E-state index contributed by atoms with van der Waals surface area (Å²) in [6.45, 7) is 1.88. The highest BCUT2D eigenvalue weighted by molar-refractivity contribution is 5.76. The Labute approximate surface area is 93.2 Å². The molecule has 0 unspecified atom stereocenters. The molecule has 0 atom stereocenters. The smallest absolute Gasteiger partial charge is 0.317 e. The molecule has 1 heterocycles. The van der Waals surface area contributed by atoms with Gasteiger partial charge in [0.05, 0.1) is 6.54 Å². The van der Waals surface area contributed by atoms with Crippen molar-refractivity contribution in [1.29, 1.82) is 0 Å². The van der Waals surface area contributed by atoms with Crippen molar-refractivity contribution in [2.45, 2.75) is 13.1 Å². The van der Waals surface area contributed by atoms with Gasteiger partial charge >= 0.3 is 6.03 Å². The van der Waals surface area contributed by atoms with Crippen LogP contribution in [0, 0.1) is 5.82 Å². The zero-order valence-electron chi connectivity index (χ0n) is 8.87. The minimum atomic E-state index is -0.303. The molecule has 86 valence electrons. The van der Waals surface area contributed by atoms with Gasteiger partial charge in [-0.25, -0.2) is 9.18 Å². The van der Waals surface area contributed by atoms with Gasteiger partial charge < -0.3 is 16.0 Å². The van der Waals surface area contributed by atoms with Gasteiger partial charge in [-0.1, -0.05) is 12.1 Å².